The number of nitrogens with one attached hydrogen (secondary N) is 2. The summed E-state index contributed by atoms with van der Waals surface area (Å²) in [5.41, 5.74) is 7.79. The van der Waals surface area contributed by atoms with Crippen molar-refractivity contribution in [2.24, 2.45) is 11.7 Å². The van der Waals surface area contributed by atoms with Gasteiger partial charge in [-0.15, -0.1) is 0 Å². The van der Waals surface area contributed by atoms with E-state index in [2.05, 4.69) is 37.6 Å². The summed E-state index contributed by atoms with van der Waals surface area (Å²) in [6.45, 7) is 3.50. The van der Waals surface area contributed by atoms with Crippen molar-refractivity contribution in [3.05, 3.63) is 54.5 Å². The van der Waals surface area contributed by atoms with Gasteiger partial charge in [0.05, 0.1) is 17.5 Å². The molecule has 1 aliphatic carbocycles. The third kappa shape index (κ3) is 7.31. The molecule has 0 saturated heterocycles. The largest absolute Gasteiger partial charge is 0.480 e. The molecule has 5 atom stereocenters. The van der Waals surface area contributed by atoms with Crippen molar-refractivity contribution < 1.29 is 20.1 Å². The monoisotopic (exact) mass is 539 g/mol. The number of nitrogens with zero attached hydrogens (tertiary/aromatic N) is 4. The van der Waals surface area contributed by atoms with Gasteiger partial charge in [0, 0.05) is 32.3 Å². The summed E-state index contributed by atoms with van der Waals surface area (Å²) >= 11 is 0. The van der Waals surface area contributed by atoms with Crippen LogP contribution in [0.25, 0.3) is 11.0 Å². The van der Waals surface area contributed by atoms with Crippen molar-refractivity contribution in [1.29, 1.82) is 0 Å². The first kappa shape index (κ1) is 28.9. The molecule has 1 unspecified atom stereocenters. The summed E-state index contributed by atoms with van der Waals surface area (Å²) in [4.78, 5) is 22.1. The molecule has 7 N–H and O–H groups in total. The van der Waals surface area contributed by atoms with Gasteiger partial charge in [0.1, 0.15) is 29.9 Å². The van der Waals surface area contributed by atoms with Gasteiger partial charge < -0.3 is 41.2 Å². The molecule has 1 fully saturated rings. The number of nitrogens with two attached hydrogens (primary N) is 1. The summed E-state index contributed by atoms with van der Waals surface area (Å²) in [6.07, 6.45) is 4.24. The zero-order valence-electron chi connectivity index (χ0n) is 22.5. The number of anilines is 1. The maximum atomic E-state index is 11.3. The molecule has 0 aliphatic heterocycles. The van der Waals surface area contributed by atoms with E-state index in [4.69, 9.17) is 5.73 Å². The van der Waals surface area contributed by atoms with Gasteiger partial charge in [0.2, 0.25) is 0 Å². The van der Waals surface area contributed by atoms with Crippen molar-refractivity contribution in [3.63, 3.8) is 0 Å². The lowest BCUT2D eigenvalue weighted by Gasteiger charge is -2.28. The maximum Gasteiger partial charge on any atom is 0.320 e. The second kappa shape index (κ2) is 13.8. The predicted octanol–water partition coefficient (Wildman–Crippen LogP) is 1.08. The fourth-order valence-electron chi connectivity index (χ4n) is 5.50. The number of hydrogen-bond acceptors (Lipinski definition) is 9. The Morgan fingerprint density at radius 3 is 2.69 bits per heavy atom. The Hall–Kier alpha value is -3.09. The van der Waals surface area contributed by atoms with Gasteiger partial charge in [0.15, 0.2) is 0 Å². The van der Waals surface area contributed by atoms with E-state index >= 15 is 0 Å². The molecule has 0 spiro atoms. The van der Waals surface area contributed by atoms with Crippen LogP contribution < -0.4 is 16.4 Å². The molecule has 2 aromatic heterocycles. The Balaban J connectivity index is 1.35. The van der Waals surface area contributed by atoms with E-state index < -0.39 is 24.2 Å². The molecule has 2 heterocycles. The maximum absolute atomic E-state index is 11.3. The van der Waals surface area contributed by atoms with Crippen LogP contribution >= 0.6 is 0 Å². The van der Waals surface area contributed by atoms with E-state index in [1.807, 2.05) is 35.0 Å². The number of carboxylic acid groups (broad SMARTS) is 1. The van der Waals surface area contributed by atoms with E-state index in [0.29, 0.717) is 37.4 Å². The van der Waals surface area contributed by atoms with E-state index in [9.17, 15) is 20.1 Å². The average molecular weight is 540 g/mol. The number of aliphatic hydroxyl groups excluding tert-OH is 2. The number of benzene rings is 1. The lowest BCUT2D eigenvalue weighted by molar-refractivity contribution is -0.138. The van der Waals surface area contributed by atoms with Crippen LogP contribution in [0.3, 0.4) is 0 Å². The van der Waals surface area contributed by atoms with Gasteiger partial charge in [-0.05, 0) is 56.9 Å². The van der Waals surface area contributed by atoms with Crippen LogP contribution in [0.4, 0.5) is 5.82 Å². The fourth-order valence-corrected chi connectivity index (χ4v) is 5.50. The van der Waals surface area contributed by atoms with E-state index in [1.165, 1.54) is 11.9 Å². The Bertz CT molecular complexity index is 1190. The Morgan fingerprint density at radius 2 is 1.95 bits per heavy atom. The molecule has 39 heavy (non-hydrogen) atoms. The highest BCUT2D eigenvalue weighted by molar-refractivity contribution is 5.87. The number of carboxylic acids is 1. The smallest absolute Gasteiger partial charge is 0.320 e. The molecule has 0 radical (unpaired) electrons. The Kier molecular flexibility index (Phi) is 10.2. The van der Waals surface area contributed by atoms with Crippen molar-refractivity contribution in [1.82, 2.24) is 24.8 Å². The minimum atomic E-state index is -1.02. The van der Waals surface area contributed by atoms with Crippen LogP contribution in [-0.2, 0) is 11.2 Å². The first-order chi connectivity index (χ1) is 18.9. The van der Waals surface area contributed by atoms with E-state index in [1.54, 1.807) is 7.05 Å². The number of aliphatic carboxylic acids is 1. The topological polar surface area (TPSA) is 162 Å². The third-order valence-electron chi connectivity index (χ3n) is 7.70. The standard InChI is InChI=1S/C28H41N7O4/c1-30-26-21-9-15-35(27(21)33-18-32-26)23-16-20(24(36)25(23)37)17-34(14-10-22(29)28(38)39)13-5-11-31-12-8-19-6-3-2-4-7-19/h2-4,6-7,9,15,18,20,22-25,31,36-37H,5,8,10-14,16-17,29H2,1H3,(H,38,39)(H,30,32,33)/t20-,22?,23-,24-,25+/m1/s1. The first-order valence-corrected chi connectivity index (χ1v) is 13.7. The molecule has 1 aromatic carbocycles. The van der Waals surface area contributed by atoms with Gasteiger partial charge in [-0.25, -0.2) is 9.97 Å². The molecule has 0 amide bonds. The predicted molar refractivity (Wildman–Crippen MR) is 151 cm³/mol. The molecule has 212 valence electrons. The molecule has 1 aliphatic rings. The van der Waals surface area contributed by atoms with Crippen molar-refractivity contribution in [2.75, 3.05) is 45.1 Å². The number of aromatic nitrogens is 3. The lowest BCUT2D eigenvalue weighted by Crippen LogP contribution is -2.40. The molecular weight excluding hydrogens is 498 g/mol. The van der Waals surface area contributed by atoms with Crippen LogP contribution in [-0.4, -0.2) is 98.7 Å². The summed E-state index contributed by atoms with van der Waals surface area (Å²) in [7, 11) is 1.80. The lowest BCUT2D eigenvalue weighted by atomic mass is 10.0. The second-order valence-corrected chi connectivity index (χ2v) is 10.4. The summed E-state index contributed by atoms with van der Waals surface area (Å²) in [6, 6.07) is 11.0. The molecular formula is C28H41N7O4. The SMILES string of the molecule is CNc1ncnc2c1ccn2[C@@H]1C[C@H](CN(CCCNCCc2ccccc2)CCC(N)C(=O)O)[C@@H](O)[C@H]1O. The molecule has 0 bridgehead atoms. The average Bonchev–Trinajstić information content (AvgIpc) is 3.49. The highest BCUT2D eigenvalue weighted by Crippen LogP contribution is 2.38. The summed E-state index contributed by atoms with van der Waals surface area (Å²) in [5, 5.41) is 38.6. The van der Waals surface area contributed by atoms with Crippen LogP contribution in [0.1, 0.15) is 30.9 Å². The molecule has 1 saturated carbocycles. The van der Waals surface area contributed by atoms with Gasteiger partial charge >= 0.3 is 5.97 Å². The van der Waals surface area contributed by atoms with Crippen LogP contribution in [0.15, 0.2) is 48.9 Å². The van der Waals surface area contributed by atoms with E-state index in [0.717, 1.165) is 37.9 Å². The van der Waals surface area contributed by atoms with E-state index in [-0.39, 0.29) is 12.0 Å². The Labute approximate surface area is 229 Å². The highest BCUT2D eigenvalue weighted by Gasteiger charge is 2.43. The Morgan fingerprint density at radius 1 is 1.15 bits per heavy atom. The van der Waals surface area contributed by atoms with Gasteiger partial charge in [-0.3, -0.25) is 4.79 Å². The zero-order chi connectivity index (χ0) is 27.8. The van der Waals surface area contributed by atoms with Crippen molar-refractivity contribution in [3.8, 4) is 0 Å². The molecule has 3 aromatic rings. The third-order valence-corrected chi connectivity index (χ3v) is 7.70. The van der Waals surface area contributed by atoms with Crippen molar-refractivity contribution in [2.45, 2.75) is 50.0 Å². The number of rotatable bonds is 15. The fraction of sp³-hybridized carbons (Fsp3) is 0.536. The molecule has 11 nitrogen and oxygen atoms in total. The normalized spacial score (nSPS) is 22.0. The zero-order valence-corrected chi connectivity index (χ0v) is 22.5. The van der Waals surface area contributed by atoms with Crippen LogP contribution in [0, 0.1) is 5.92 Å². The van der Waals surface area contributed by atoms with Crippen LogP contribution in [0.5, 0.6) is 0 Å². The summed E-state index contributed by atoms with van der Waals surface area (Å²) < 4.78 is 1.92. The number of hydrogen-bond donors (Lipinski definition) is 6. The molecule has 4 rings (SSSR count). The number of fused-ring (bicyclic) bond motifs is 1. The minimum absolute atomic E-state index is 0.180. The van der Waals surface area contributed by atoms with Gasteiger partial charge in [0.25, 0.3) is 0 Å². The summed E-state index contributed by atoms with van der Waals surface area (Å²) in [5.74, 6) is -0.488. The van der Waals surface area contributed by atoms with Gasteiger partial charge in [-0.2, -0.15) is 0 Å². The highest BCUT2D eigenvalue weighted by atomic mass is 16.4. The number of aliphatic hydroxyl groups is 2. The molecule has 11 heteroatoms. The quantitative estimate of drug-likeness (QED) is 0.154. The van der Waals surface area contributed by atoms with Crippen LogP contribution in [0.2, 0.25) is 0 Å². The van der Waals surface area contributed by atoms with Crippen molar-refractivity contribution >= 4 is 22.8 Å². The first-order valence-electron chi connectivity index (χ1n) is 13.7. The second-order valence-electron chi connectivity index (χ2n) is 10.4. The van der Waals surface area contributed by atoms with Gasteiger partial charge in [-0.1, -0.05) is 30.3 Å². The minimum Gasteiger partial charge on any atom is -0.480 e. The number of carbonyl (C=O) groups is 1.